The highest BCUT2D eigenvalue weighted by Crippen LogP contribution is 2.34. The summed E-state index contributed by atoms with van der Waals surface area (Å²) in [5, 5.41) is 14.1. The minimum Gasteiger partial charge on any atom is -0.494 e. The molecular weight excluding hydrogens is 490 g/mol. The zero-order chi connectivity index (χ0) is 26.6. The Hall–Kier alpha value is -3.56. The number of fused-ring (bicyclic) bond motifs is 1. The number of ether oxygens (including phenoxy) is 1. The summed E-state index contributed by atoms with van der Waals surface area (Å²) in [5.41, 5.74) is 2.70. The van der Waals surface area contributed by atoms with Crippen LogP contribution in [0.25, 0.3) is 10.9 Å². The monoisotopic (exact) mass is 527 g/mol. The van der Waals surface area contributed by atoms with Gasteiger partial charge in [0.15, 0.2) is 5.82 Å². The van der Waals surface area contributed by atoms with Crippen LogP contribution in [-0.2, 0) is 6.54 Å². The predicted molar refractivity (Wildman–Crippen MR) is 151 cm³/mol. The highest BCUT2D eigenvalue weighted by atomic mass is 16.5. The Kier molecular flexibility index (Phi) is 7.69. The molecule has 204 valence electrons. The van der Waals surface area contributed by atoms with Gasteiger partial charge in [0.1, 0.15) is 11.8 Å². The van der Waals surface area contributed by atoms with Crippen molar-refractivity contribution in [3.05, 3.63) is 81.9 Å². The second kappa shape index (κ2) is 11.7. The van der Waals surface area contributed by atoms with Gasteiger partial charge in [-0.1, -0.05) is 49.6 Å². The minimum absolute atomic E-state index is 0.0958. The Morgan fingerprint density at radius 3 is 2.56 bits per heavy atom. The number of aromatic nitrogens is 5. The number of benzene rings is 2. The number of pyridine rings is 1. The van der Waals surface area contributed by atoms with Crippen LogP contribution in [0.4, 0.5) is 0 Å². The number of nitrogens with one attached hydrogen (secondary N) is 1. The Morgan fingerprint density at radius 2 is 1.79 bits per heavy atom. The summed E-state index contributed by atoms with van der Waals surface area (Å²) in [7, 11) is 0. The molecule has 2 aromatic carbocycles. The summed E-state index contributed by atoms with van der Waals surface area (Å²) in [5.74, 6) is 1.56. The molecule has 1 atom stereocenters. The van der Waals surface area contributed by atoms with Crippen molar-refractivity contribution < 1.29 is 4.74 Å². The maximum absolute atomic E-state index is 13.6. The first kappa shape index (κ1) is 25.7. The molecule has 3 heterocycles. The van der Waals surface area contributed by atoms with Crippen molar-refractivity contribution in [2.45, 2.75) is 57.7 Å². The Labute approximate surface area is 228 Å². The summed E-state index contributed by atoms with van der Waals surface area (Å²) < 4.78 is 7.76. The van der Waals surface area contributed by atoms with Gasteiger partial charge in [-0.25, -0.2) is 4.68 Å². The van der Waals surface area contributed by atoms with Crippen LogP contribution in [0.1, 0.15) is 68.1 Å². The van der Waals surface area contributed by atoms with Crippen molar-refractivity contribution in [1.29, 1.82) is 0 Å². The van der Waals surface area contributed by atoms with Crippen molar-refractivity contribution >= 4 is 10.9 Å². The highest BCUT2D eigenvalue weighted by Gasteiger charge is 2.34. The summed E-state index contributed by atoms with van der Waals surface area (Å²) in [6, 6.07) is 18.4. The molecule has 1 saturated heterocycles. The average Bonchev–Trinajstić information content (AvgIpc) is 3.45. The van der Waals surface area contributed by atoms with Crippen LogP contribution in [0, 0.1) is 0 Å². The quantitative estimate of drug-likeness (QED) is 0.365. The third-order valence-corrected chi connectivity index (χ3v) is 8.15. The van der Waals surface area contributed by atoms with Crippen molar-refractivity contribution in [2.75, 3.05) is 32.8 Å². The van der Waals surface area contributed by atoms with E-state index in [4.69, 9.17) is 4.74 Å². The zero-order valence-corrected chi connectivity index (χ0v) is 22.6. The van der Waals surface area contributed by atoms with E-state index in [1.54, 1.807) is 0 Å². The maximum Gasteiger partial charge on any atom is 0.253 e. The Balaban J connectivity index is 1.35. The van der Waals surface area contributed by atoms with Crippen LogP contribution in [0.5, 0.6) is 5.75 Å². The standard InChI is InChI=1S/C30H37N7O2/c1-2-39-25-13-14-27-23(19-25)20-26(30(38)31-27)28(29-32-33-34-37(29)24-11-7-4-8-12-24)36-17-15-35(16-18-36)21-22-9-5-3-6-10-22/h3,5-6,9-10,13-14,19-20,24,28H,2,4,7-8,11-12,15-18,21H2,1H3,(H,31,38)/t28-/m0/s1. The Bertz CT molecular complexity index is 1440. The smallest absolute Gasteiger partial charge is 0.253 e. The van der Waals surface area contributed by atoms with Gasteiger partial charge in [0.2, 0.25) is 0 Å². The van der Waals surface area contributed by atoms with Gasteiger partial charge in [-0.15, -0.1) is 5.10 Å². The van der Waals surface area contributed by atoms with Gasteiger partial charge < -0.3 is 9.72 Å². The van der Waals surface area contributed by atoms with E-state index in [0.717, 1.165) is 68.0 Å². The van der Waals surface area contributed by atoms with Crippen LogP contribution in [0.15, 0.2) is 59.4 Å². The van der Waals surface area contributed by atoms with E-state index < -0.39 is 0 Å². The third kappa shape index (κ3) is 5.60. The maximum atomic E-state index is 13.6. The fourth-order valence-corrected chi connectivity index (χ4v) is 6.15. The van der Waals surface area contributed by atoms with Crippen LogP contribution in [0.2, 0.25) is 0 Å². The lowest BCUT2D eigenvalue weighted by molar-refractivity contribution is 0.0982. The van der Waals surface area contributed by atoms with E-state index in [1.807, 2.05) is 35.9 Å². The number of rotatable bonds is 8. The molecule has 1 N–H and O–H groups in total. The lowest BCUT2D eigenvalue weighted by Gasteiger charge is -2.39. The number of tetrazole rings is 1. The summed E-state index contributed by atoms with van der Waals surface area (Å²) in [4.78, 5) is 21.6. The fraction of sp³-hybridized carbons (Fsp3) is 0.467. The lowest BCUT2D eigenvalue weighted by Crippen LogP contribution is -2.48. The molecule has 1 aliphatic carbocycles. The molecule has 0 unspecified atom stereocenters. The first-order valence-corrected chi connectivity index (χ1v) is 14.3. The van der Waals surface area contributed by atoms with E-state index in [-0.39, 0.29) is 17.6 Å². The molecule has 2 aliphatic rings. The van der Waals surface area contributed by atoms with E-state index >= 15 is 0 Å². The number of aromatic amines is 1. The normalized spacial score (nSPS) is 18.4. The first-order chi connectivity index (χ1) is 19.2. The molecule has 2 aromatic heterocycles. The molecule has 0 bridgehead atoms. The fourth-order valence-electron chi connectivity index (χ4n) is 6.15. The lowest BCUT2D eigenvalue weighted by atomic mass is 9.95. The second-order valence-electron chi connectivity index (χ2n) is 10.7. The van der Waals surface area contributed by atoms with E-state index in [1.165, 1.54) is 24.8 Å². The summed E-state index contributed by atoms with van der Waals surface area (Å²) in [6.45, 7) is 6.97. The molecule has 9 heteroatoms. The van der Waals surface area contributed by atoms with Gasteiger partial charge in [-0.2, -0.15) is 0 Å². The molecule has 9 nitrogen and oxygen atoms in total. The summed E-state index contributed by atoms with van der Waals surface area (Å²) in [6.07, 6.45) is 5.77. The van der Waals surface area contributed by atoms with Gasteiger partial charge in [0, 0.05) is 49.2 Å². The van der Waals surface area contributed by atoms with Crippen molar-refractivity contribution in [3.8, 4) is 5.75 Å². The largest absolute Gasteiger partial charge is 0.494 e. The molecule has 2 fully saturated rings. The molecule has 0 radical (unpaired) electrons. The number of hydrogen-bond acceptors (Lipinski definition) is 7. The van der Waals surface area contributed by atoms with Gasteiger partial charge >= 0.3 is 0 Å². The predicted octanol–water partition coefficient (Wildman–Crippen LogP) is 4.33. The van der Waals surface area contributed by atoms with Crippen LogP contribution < -0.4 is 10.3 Å². The molecule has 4 aromatic rings. The van der Waals surface area contributed by atoms with Crippen molar-refractivity contribution in [2.24, 2.45) is 0 Å². The van der Waals surface area contributed by atoms with Crippen LogP contribution in [0.3, 0.4) is 0 Å². The van der Waals surface area contributed by atoms with Gasteiger partial charge in [0.05, 0.1) is 12.6 Å². The number of nitrogens with zero attached hydrogens (tertiary/aromatic N) is 6. The molecule has 6 rings (SSSR count). The van der Waals surface area contributed by atoms with E-state index in [0.29, 0.717) is 12.2 Å². The second-order valence-corrected chi connectivity index (χ2v) is 10.7. The van der Waals surface area contributed by atoms with Gasteiger partial charge in [-0.3, -0.25) is 14.6 Å². The zero-order valence-electron chi connectivity index (χ0n) is 22.6. The molecule has 39 heavy (non-hydrogen) atoms. The number of H-pyrrole nitrogens is 1. The molecule has 1 saturated carbocycles. The van der Waals surface area contributed by atoms with Crippen molar-refractivity contribution in [1.82, 2.24) is 35.0 Å². The SMILES string of the molecule is CCOc1ccc2[nH]c(=O)c([C@@H](c3nnnn3C3CCCCC3)N3CCN(Cc4ccccc4)CC3)cc2c1. The number of piperazine rings is 1. The average molecular weight is 528 g/mol. The first-order valence-electron chi connectivity index (χ1n) is 14.3. The van der Waals surface area contributed by atoms with Crippen molar-refractivity contribution in [3.63, 3.8) is 0 Å². The number of hydrogen-bond donors (Lipinski definition) is 1. The Morgan fingerprint density at radius 1 is 1.00 bits per heavy atom. The molecule has 0 spiro atoms. The van der Waals surface area contributed by atoms with Crippen LogP contribution >= 0.6 is 0 Å². The van der Waals surface area contributed by atoms with Gasteiger partial charge in [-0.05, 0) is 60.0 Å². The third-order valence-electron chi connectivity index (χ3n) is 8.15. The highest BCUT2D eigenvalue weighted by molar-refractivity contribution is 5.80. The van der Waals surface area contributed by atoms with E-state index in [9.17, 15) is 4.79 Å². The minimum atomic E-state index is -0.329. The summed E-state index contributed by atoms with van der Waals surface area (Å²) >= 11 is 0. The molecule has 0 amide bonds. The molecule has 1 aliphatic heterocycles. The van der Waals surface area contributed by atoms with Crippen LogP contribution in [-0.4, -0.2) is 67.8 Å². The topological polar surface area (TPSA) is 92.2 Å². The molecular formula is C30H37N7O2. The van der Waals surface area contributed by atoms with Gasteiger partial charge in [0.25, 0.3) is 5.56 Å². The van der Waals surface area contributed by atoms with E-state index in [2.05, 4.69) is 60.6 Å².